The van der Waals surface area contributed by atoms with Crippen molar-refractivity contribution in [3.05, 3.63) is 35.4 Å². The van der Waals surface area contributed by atoms with Gasteiger partial charge in [-0.25, -0.2) is 12.7 Å². The van der Waals surface area contributed by atoms with Crippen LogP contribution in [0.5, 0.6) is 0 Å². The first kappa shape index (κ1) is 20.3. The fourth-order valence-electron chi connectivity index (χ4n) is 4.73. The molecular weight excluding hydrogens is 360 g/mol. The highest BCUT2D eigenvalue weighted by molar-refractivity contribution is 7.88. The quantitative estimate of drug-likeness (QED) is 0.791. The summed E-state index contributed by atoms with van der Waals surface area (Å²) >= 11 is 0. The molecule has 1 saturated heterocycles. The largest absolute Gasteiger partial charge is 0.342 e. The molecule has 1 aromatic carbocycles. The first-order valence-electron chi connectivity index (χ1n) is 10.0. The molecule has 0 spiro atoms. The Balaban J connectivity index is 1.78. The van der Waals surface area contributed by atoms with E-state index in [1.165, 1.54) is 22.5 Å². The van der Waals surface area contributed by atoms with Crippen molar-refractivity contribution in [2.45, 2.75) is 63.3 Å². The third-order valence-electron chi connectivity index (χ3n) is 6.48. The Bertz CT molecular complexity index is 776. The minimum absolute atomic E-state index is 0.00896. The number of rotatable bonds is 4. The van der Waals surface area contributed by atoms with Crippen molar-refractivity contribution in [3.63, 3.8) is 0 Å². The van der Waals surface area contributed by atoms with E-state index < -0.39 is 15.4 Å². The summed E-state index contributed by atoms with van der Waals surface area (Å²) in [6.45, 7) is 3.35. The Hall–Kier alpha value is -1.40. The van der Waals surface area contributed by atoms with E-state index in [2.05, 4.69) is 31.2 Å². The molecule has 6 heteroatoms. The van der Waals surface area contributed by atoms with Crippen LogP contribution < -0.4 is 0 Å². The second kappa shape index (κ2) is 7.92. The molecule has 1 aliphatic carbocycles. The number of carbonyl (C=O) groups excluding carboxylic acids is 1. The van der Waals surface area contributed by atoms with E-state index in [0.717, 1.165) is 31.2 Å². The molecule has 0 N–H and O–H groups in total. The summed E-state index contributed by atoms with van der Waals surface area (Å²) in [7, 11) is -1.54. The number of benzene rings is 1. The Morgan fingerprint density at radius 2 is 1.78 bits per heavy atom. The molecule has 2 fully saturated rings. The highest BCUT2D eigenvalue weighted by Gasteiger charge is 2.44. The van der Waals surface area contributed by atoms with E-state index in [1.54, 1.807) is 7.05 Å². The second-order valence-corrected chi connectivity index (χ2v) is 10.4. The van der Waals surface area contributed by atoms with Crippen LogP contribution in [0.25, 0.3) is 0 Å². The fraction of sp³-hybridized carbons (Fsp3) is 0.667. The smallest absolute Gasteiger partial charge is 0.233 e. The van der Waals surface area contributed by atoms with Gasteiger partial charge in [0.2, 0.25) is 15.9 Å². The molecular formula is C21H32N2O3S. The van der Waals surface area contributed by atoms with Crippen LogP contribution in [0.1, 0.15) is 56.1 Å². The maximum absolute atomic E-state index is 13.7. The van der Waals surface area contributed by atoms with Crippen molar-refractivity contribution in [1.29, 1.82) is 0 Å². The van der Waals surface area contributed by atoms with Crippen LogP contribution in [-0.4, -0.2) is 56.0 Å². The Morgan fingerprint density at radius 3 is 2.33 bits per heavy atom. The van der Waals surface area contributed by atoms with E-state index >= 15 is 0 Å². The van der Waals surface area contributed by atoms with Crippen LogP contribution >= 0.6 is 0 Å². The van der Waals surface area contributed by atoms with Crippen LogP contribution in [0, 0.1) is 6.92 Å². The van der Waals surface area contributed by atoms with E-state index in [9.17, 15) is 13.2 Å². The monoisotopic (exact) mass is 392 g/mol. The summed E-state index contributed by atoms with van der Waals surface area (Å²) in [5.74, 6) is 0.244. The molecule has 0 unspecified atom stereocenters. The van der Waals surface area contributed by atoms with Gasteiger partial charge in [0.25, 0.3) is 0 Å². The Morgan fingerprint density at radius 1 is 1.15 bits per heavy atom. The highest BCUT2D eigenvalue weighted by atomic mass is 32.2. The van der Waals surface area contributed by atoms with Crippen molar-refractivity contribution < 1.29 is 13.2 Å². The van der Waals surface area contributed by atoms with Gasteiger partial charge in [0.05, 0.1) is 11.7 Å². The molecule has 0 atom stereocenters. The maximum Gasteiger partial charge on any atom is 0.233 e. The molecule has 27 heavy (non-hydrogen) atoms. The lowest BCUT2D eigenvalue weighted by molar-refractivity contribution is -0.140. The average molecular weight is 393 g/mol. The number of carbonyl (C=O) groups is 1. The van der Waals surface area contributed by atoms with Crippen LogP contribution in [0.2, 0.25) is 0 Å². The SMILES string of the molecule is Cc1cccc(C2(C(=O)N3CCC(N(C)S(C)(=O)=O)CC3)CCCCC2)c1. The van der Waals surface area contributed by atoms with Crippen molar-refractivity contribution in [2.24, 2.45) is 0 Å². The lowest BCUT2D eigenvalue weighted by atomic mass is 9.68. The molecule has 0 aromatic heterocycles. The van der Waals surface area contributed by atoms with Crippen LogP contribution in [-0.2, 0) is 20.2 Å². The van der Waals surface area contributed by atoms with Crippen LogP contribution in [0.3, 0.4) is 0 Å². The number of aryl methyl sites for hydroxylation is 1. The number of likely N-dealkylation sites (tertiary alicyclic amines) is 1. The van der Waals surface area contributed by atoms with E-state index in [1.807, 2.05) is 4.90 Å². The first-order valence-corrected chi connectivity index (χ1v) is 11.9. The zero-order valence-electron chi connectivity index (χ0n) is 16.8. The lowest BCUT2D eigenvalue weighted by Crippen LogP contribution is -2.53. The number of amides is 1. The van der Waals surface area contributed by atoms with Crippen molar-refractivity contribution >= 4 is 15.9 Å². The highest BCUT2D eigenvalue weighted by Crippen LogP contribution is 2.42. The van der Waals surface area contributed by atoms with Gasteiger partial charge in [-0.1, -0.05) is 49.1 Å². The van der Waals surface area contributed by atoms with E-state index in [-0.39, 0.29) is 11.9 Å². The predicted octanol–water partition coefficient (Wildman–Crippen LogP) is 3.08. The molecule has 1 amide bonds. The summed E-state index contributed by atoms with van der Waals surface area (Å²) in [4.78, 5) is 15.6. The number of hydrogen-bond donors (Lipinski definition) is 0. The molecule has 2 aliphatic rings. The average Bonchev–Trinajstić information content (AvgIpc) is 2.67. The van der Waals surface area contributed by atoms with E-state index in [0.29, 0.717) is 25.9 Å². The maximum atomic E-state index is 13.7. The normalized spacial score (nSPS) is 21.4. The lowest BCUT2D eigenvalue weighted by Gasteiger charge is -2.43. The molecule has 1 aromatic rings. The predicted molar refractivity (Wildman–Crippen MR) is 108 cm³/mol. The van der Waals surface area contributed by atoms with Gasteiger partial charge in [-0.2, -0.15) is 0 Å². The van der Waals surface area contributed by atoms with Gasteiger partial charge in [0.1, 0.15) is 0 Å². The van der Waals surface area contributed by atoms with Gasteiger partial charge >= 0.3 is 0 Å². The molecule has 5 nitrogen and oxygen atoms in total. The van der Waals surface area contributed by atoms with Crippen molar-refractivity contribution in [3.8, 4) is 0 Å². The molecule has 0 radical (unpaired) electrons. The van der Waals surface area contributed by atoms with Crippen molar-refractivity contribution in [2.75, 3.05) is 26.4 Å². The minimum atomic E-state index is -3.19. The number of piperidine rings is 1. The summed E-state index contributed by atoms with van der Waals surface area (Å²) in [5, 5.41) is 0. The number of sulfonamides is 1. The second-order valence-electron chi connectivity index (χ2n) is 8.31. The third kappa shape index (κ3) is 4.21. The Kier molecular flexibility index (Phi) is 5.96. The number of hydrogen-bond acceptors (Lipinski definition) is 3. The summed E-state index contributed by atoms with van der Waals surface area (Å²) in [6, 6.07) is 8.41. The van der Waals surface area contributed by atoms with Gasteiger partial charge in [0.15, 0.2) is 0 Å². The van der Waals surface area contributed by atoms with Crippen LogP contribution in [0.4, 0.5) is 0 Å². The van der Waals surface area contributed by atoms with Crippen molar-refractivity contribution in [1.82, 2.24) is 9.21 Å². The van der Waals surface area contributed by atoms with Gasteiger partial charge < -0.3 is 4.90 Å². The summed E-state index contributed by atoms with van der Waals surface area (Å²) in [5.41, 5.74) is 1.95. The van der Waals surface area contributed by atoms with Gasteiger partial charge in [-0.05, 0) is 38.2 Å². The molecule has 150 valence electrons. The third-order valence-corrected chi connectivity index (χ3v) is 7.82. The number of nitrogens with zero attached hydrogens (tertiary/aromatic N) is 2. The summed E-state index contributed by atoms with van der Waals surface area (Å²) in [6.07, 6.45) is 7.87. The molecule has 1 aliphatic heterocycles. The molecule has 1 saturated carbocycles. The molecule has 1 heterocycles. The van der Waals surface area contributed by atoms with Crippen LogP contribution in [0.15, 0.2) is 24.3 Å². The molecule has 0 bridgehead atoms. The zero-order chi connectivity index (χ0) is 19.7. The standard InChI is InChI=1S/C21H32N2O3S/c1-17-8-7-9-18(16-17)21(12-5-4-6-13-21)20(24)23-14-10-19(11-15-23)22(2)27(3,25)26/h7-9,16,19H,4-6,10-15H2,1-3H3. The van der Waals surface area contributed by atoms with Gasteiger partial charge in [-0.3, -0.25) is 4.79 Å². The summed E-state index contributed by atoms with van der Waals surface area (Å²) < 4.78 is 25.1. The minimum Gasteiger partial charge on any atom is -0.342 e. The zero-order valence-corrected chi connectivity index (χ0v) is 17.6. The fourth-order valence-corrected chi connectivity index (χ4v) is 5.48. The van der Waals surface area contributed by atoms with Gasteiger partial charge in [-0.15, -0.1) is 0 Å². The topological polar surface area (TPSA) is 57.7 Å². The van der Waals surface area contributed by atoms with Gasteiger partial charge in [0, 0.05) is 26.2 Å². The Labute approximate surface area is 163 Å². The van der Waals surface area contributed by atoms with E-state index in [4.69, 9.17) is 0 Å². The first-order chi connectivity index (χ1) is 12.7. The molecule has 3 rings (SSSR count).